The molecule has 2 amide bonds. The number of likely N-dealkylation sites (N-methyl/N-ethyl adjacent to an activating group) is 1. The highest BCUT2D eigenvalue weighted by Crippen LogP contribution is 2.68. The van der Waals surface area contributed by atoms with Crippen LogP contribution in [0.2, 0.25) is 0 Å². The molecule has 1 aromatic rings. The Balaban J connectivity index is 1.56. The van der Waals surface area contributed by atoms with Gasteiger partial charge in [-0.05, 0) is 35.8 Å². The smallest absolute Gasteiger partial charge is 0.315 e. The minimum absolute atomic E-state index is 0.189. The summed E-state index contributed by atoms with van der Waals surface area (Å²) in [4.78, 5) is 45.6. The second-order valence-corrected chi connectivity index (χ2v) is 10.3. The van der Waals surface area contributed by atoms with Crippen LogP contribution in [0.4, 0.5) is 0 Å². The quantitative estimate of drug-likeness (QED) is 0.611. The second kappa shape index (κ2) is 5.37. The highest BCUT2D eigenvalue weighted by Gasteiger charge is 2.81. The van der Waals surface area contributed by atoms with Crippen molar-refractivity contribution in [3.63, 3.8) is 0 Å². The number of nitrogens with zero attached hydrogens (tertiary/aromatic N) is 2. The number of rotatable bonds is 0. The number of allylic oxidation sites excluding steroid dienone is 1. The number of fused-ring (bicyclic) bond motifs is 3. The number of ether oxygens (including phenoxy) is 1. The normalized spacial score (nSPS) is 42.1. The molecule has 29 heavy (non-hydrogen) atoms. The van der Waals surface area contributed by atoms with E-state index in [1.165, 1.54) is 28.8 Å². The van der Waals surface area contributed by atoms with Crippen LogP contribution in [0.15, 0.2) is 36.4 Å². The summed E-state index contributed by atoms with van der Waals surface area (Å²) in [5.41, 5.74) is -2.48. The predicted octanol–water partition coefficient (Wildman–Crippen LogP) is 1.17. The van der Waals surface area contributed by atoms with Crippen molar-refractivity contribution in [2.24, 2.45) is 0 Å². The van der Waals surface area contributed by atoms with E-state index >= 15 is 0 Å². The number of carbonyl (C=O) groups excluding carboxylic acids is 3. The van der Waals surface area contributed by atoms with Crippen LogP contribution in [0.25, 0.3) is 0 Å². The molecule has 5 aliphatic heterocycles. The first kappa shape index (κ1) is 17.8. The Morgan fingerprint density at radius 2 is 2.00 bits per heavy atom. The van der Waals surface area contributed by atoms with Gasteiger partial charge in [0.1, 0.15) is 17.1 Å². The van der Waals surface area contributed by atoms with Crippen molar-refractivity contribution in [2.75, 3.05) is 7.05 Å². The van der Waals surface area contributed by atoms with Gasteiger partial charge in [-0.1, -0.05) is 35.1 Å². The van der Waals surface area contributed by atoms with Crippen LogP contribution < -0.4 is 4.74 Å². The molecule has 4 saturated heterocycles. The Hall–Kier alpha value is -2.01. The first-order valence-corrected chi connectivity index (χ1v) is 11.4. The van der Waals surface area contributed by atoms with Crippen LogP contribution in [-0.4, -0.2) is 62.0 Å². The summed E-state index contributed by atoms with van der Waals surface area (Å²) < 4.78 is 6.12. The summed E-state index contributed by atoms with van der Waals surface area (Å²) in [6.07, 6.45) is 2.23. The van der Waals surface area contributed by atoms with Crippen molar-refractivity contribution >= 4 is 39.2 Å². The largest absolute Gasteiger partial charge is 0.456 e. The molecule has 0 unspecified atom stereocenters. The minimum Gasteiger partial charge on any atom is -0.456 e. The molecule has 1 N–H and O–H groups in total. The van der Waals surface area contributed by atoms with Gasteiger partial charge < -0.3 is 9.84 Å². The van der Waals surface area contributed by atoms with E-state index in [0.29, 0.717) is 12.2 Å². The number of carbonyl (C=O) groups is 3. The van der Waals surface area contributed by atoms with Crippen molar-refractivity contribution in [1.82, 2.24) is 9.96 Å². The Morgan fingerprint density at radius 1 is 1.21 bits per heavy atom. The number of benzene rings is 1. The molecule has 7 rings (SSSR count). The lowest BCUT2D eigenvalue weighted by molar-refractivity contribution is -0.244. The summed E-state index contributed by atoms with van der Waals surface area (Å²) in [7, 11) is 3.87. The summed E-state index contributed by atoms with van der Waals surface area (Å²) in [5.74, 6) is -1.02. The first-order chi connectivity index (χ1) is 13.9. The number of hydrogen-bond donors (Lipinski definition) is 1. The van der Waals surface area contributed by atoms with Crippen molar-refractivity contribution in [1.29, 1.82) is 0 Å². The van der Waals surface area contributed by atoms with Crippen LogP contribution >= 0.6 is 21.6 Å². The average Bonchev–Trinajstić information content (AvgIpc) is 3.12. The standard InChI is InChI=1S/C19H16N2O6S2/c1-20-16(25)19-14(23)17(9-5-4-8-12(17)22)27-21(19)15(24)18(20)13(28-29-19)10-6-2-3-7-11(10)26-18/h2-4,6-8,13-14,23H,5,9H2,1H3/t13-,14+,17-,18-,19+/m0/s1. The van der Waals surface area contributed by atoms with Gasteiger partial charge in [0.2, 0.25) is 4.87 Å². The van der Waals surface area contributed by atoms with Gasteiger partial charge in [0, 0.05) is 12.6 Å². The third kappa shape index (κ3) is 1.73. The Bertz CT molecular complexity index is 1030. The van der Waals surface area contributed by atoms with Crippen molar-refractivity contribution in [2.45, 2.75) is 40.4 Å². The molecule has 2 bridgehead atoms. The molecule has 4 fully saturated rings. The van der Waals surface area contributed by atoms with Crippen LogP contribution in [0, 0.1) is 0 Å². The Labute approximate surface area is 173 Å². The molecule has 8 nitrogen and oxygen atoms in total. The number of piperazine rings is 1. The van der Waals surface area contributed by atoms with Gasteiger partial charge in [-0.2, -0.15) is 5.06 Å². The van der Waals surface area contributed by atoms with E-state index in [2.05, 4.69) is 0 Å². The Kier molecular flexibility index (Phi) is 3.30. The number of hydrogen-bond acceptors (Lipinski definition) is 8. The highest BCUT2D eigenvalue weighted by molar-refractivity contribution is 8.77. The predicted molar refractivity (Wildman–Crippen MR) is 103 cm³/mol. The maximum atomic E-state index is 13.8. The average molecular weight is 432 g/mol. The number of aliphatic hydroxyl groups excluding tert-OH is 1. The van der Waals surface area contributed by atoms with Gasteiger partial charge in [0.05, 0.1) is 0 Å². The molecule has 10 heteroatoms. The zero-order chi connectivity index (χ0) is 20.2. The van der Waals surface area contributed by atoms with Gasteiger partial charge in [-0.3, -0.25) is 24.1 Å². The molecule has 5 heterocycles. The van der Waals surface area contributed by atoms with Gasteiger partial charge >= 0.3 is 5.91 Å². The lowest BCUT2D eigenvalue weighted by Gasteiger charge is -2.47. The minimum atomic E-state index is -1.74. The van der Waals surface area contributed by atoms with E-state index in [1.54, 1.807) is 18.2 Å². The molecular formula is C19H16N2O6S2. The molecule has 0 radical (unpaired) electrons. The van der Waals surface area contributed by atoms with E-state index in [-0.39, 0.29) is 6.42 Å². The monoisotopic (exact) mass is 432 g/mol. The van der Waals surface area contributed by atoms with Crippen molar-refractivity contribution in [3.05, 3.63) is 42.0 Å². The summed E-state index contributed by atoms with van der Waals surface area (Å²) in [6, 6.07) is 7.27. The van der Waals surface area contributed by atoms with E-state index in [4.69, 9.17) is 9.57 Å². The third-order valence-corrected chi connectivity index (χ3v) is 9.74. The summed E-state index contributed by atoms with van der Waals surface area (Å²) >= 11 is 0. The lowest BCUT2D eigenvalue weighted by atomic mass is 9.80. The zero-order valence-corrected chi connectivity index (χ0v) is 16.9. The molecule has 150 valence electrons. The number of ketones is 1. The number of aliphatic hydroxyl groups is 1. The number of hydroxylamine groups is 2. The molecule has 1 aliphatic carbocycles. The first-order valence-electron chi connectivity index (χ1n) is 9.23. The maximum Gasteiger partial charge on any atom is 0.315 e. The topological polar surface area (TPSA) is 96.4 Å². The fourth-order valence-electron chi connectivity index (χ4n) is 4.87. The molecule has 1 aromatic carbocycles. The van der Waals surface area contributed by atoms with Crippen LogP contribution in [-0.2, 0) is 19.2 Å². The highest BCUT2D eigenvalue weighted by atomic mass is 33.1. The van der Waals surface area contributed by atoms with Crippen molar-refractivity contribution in [3.8, 4) is 5.75 Å². The SMILES string of the molecule is CN1C(=O)[C@@]23SS[C@H]4c5ccccc5O[C@]41C(=O)N2O[C@]1(CCC=CC1=O)[C@H]3O. The summed E-state index contributed by atoms with van der Waals surface area (Å²) in [5, 5.41) is 11.8. The van der Waals surface area contributed by atoms with Crippen LogP contribution in [0.1, 0.15) is 23.7 Å². The van der Waals surface area contributed by atoms with E-state index in [9.17, 15) is 19.5 Å². The molecule has 0 saturated carbocycles. The van der Waals surface area contributed by atoms with Crippen LogP contribution in [0.3, 0.4) is 0 Å². The summed E-state index contributed by atoms with van der Waals surface area (Å²) in [6.45, 7) is 0. The molecule has 0 aromatic heterocycles. The molecular weight excluding hydrogens is 416 g/mol. The Morgan fingerprint density at radius 3 is 2.79 bits per heavy atom. The molecule has 5 atom stereocenters. The molecule has 3 spiro atoms. The van der Waals surface area contributed by atoms with E-state index in [0.717, 1.165) is 21.4 Å². The van der Waals surface area contributed by atoms with Gasteiger partial charge in [0.15, 0.2) is 11.4 Å². The van der Waals surface area contributed by atoms with Crippen LogP contribution in [0.5, 0.6) is 5.75 Å². The van der Waals surface area contributed by atoms with Gasteiger partial charge in [0.25, 0.3) is 11.6 Å². The van der Waals surface area contributed by atoms with Crippen molar-refractivity contribution < 1.29 is 29.1 Å². The van der Waals surface area contributed by atoms with Gasteiger partial charge in [-0.25, -0.2) is 0 Å². The maximum absolute atomic E-state index is 13.8. The second-order valence-electron chi connectivity index (χ2n) is 7.74. The van der Waals surface area contributed by atoms with E-state index < -0.39 is 45.1 Å². The number of amides is 2. The molecule has 6 aliphatic rings. The lowest BCUT2D eigenvalue weighted by Crippen LogP contribution is -2.75. The van der Waals surface area contributed by atoms with Gasteiger partial charge in [-0.15, -0.1) is 0 Å². The zero-order valence-electron chi connectivity index (χ0n) is 15.2. The fourth-order valence-corrected chi connectivity index (χ4v) is 8.65. The fraction of sp³-hybridized carbons (Fsp3) is 0.421. The number of para-hydroxylation sites is 1. The third-order valence-electron chi connectivity index (χ3n) is 6.43. The van der Waals surface area contributed by atoms with E-state index in [1.807, 2.05) is 12.1 Å².